The van der Waals surface area contributed by atoms with E-state index in [2.05, 4.69) is 30.0 Å². The number of hydrogen-bond donors (Lipinski definition) is 0. The van der Waals surface area contributed by atoms with E-state index >= 15 is 0 Å². The van der Waals surface area contributed by atoms with Crippen molar-refractivity contribution in [1.29, 1.82) is 0 Å². The van der Waals surface area contributed by atoms with Crippen molar-refractivity contribution >= 4 is 17.2 Å². The first-order chi connectivity index (χ1) is 15.5. The van der Waals surface area contributed by atoms with E-state index in [9.17, 15) is 4.79 Å². The summed E-state index contributed by atoms with van der Waals surface area (Å²) in [6, 6.07) is 4.07. The third-order valence-corrected chi connectivity index (χ3v) is 6.83. The minimum Gasteiger partial charge on any atom is -0.376 e. The Kier molecular flexibility index (Phi) is 5.79. The summed E-state index contributed by atoms with van der Waals surface area (Å²) in [5.41, 5.74) is 3.50. The molecule has 1 unspecified atom stereocenters. The normalized spacial score (nSPS) is 18.7. The maximum absolute atomic E-state index is 13.3. The number of carbonyl (C=O) groups is 1. The molecule has 1 amide bonds. The van der Waals surface area contributed by atoms with Gasteiger partial charge in [-0.3, -0.25) is 4.79 Å². The van der Waals surface area contributed by atoms with Crippen LogP contribution < -0.4 is 0 Å². The van der Waals surface area contributed by atoms with Crippen LogP contribution in [0.4, 0.5) is 0 Å². The van der Waals surface area contributed by atoms with Crippen LogP contribution in [0.25, 0.3) is 17.2 Å². The first-order valence-electron chi connectivity index (χ1n) is 10.9. The second-order valence-electron chi connectivity index (χ2n) is 8.45. The predicted molar refractivity (Wildman–Crippen MR) is 121 cm³/mol. The third kappa shape index (κ3) is 4.20. The SMILES string of the molecule is Cc1cc(-c2ccnc(-n3ncc(C(=O)N(C)CC4COCCO4)c3C3CC3)n2)c(C)s1. The summed E-state index contributed by atoms with van der Waals surface area (Å²) in [4.78, 5) is 26.7. The molecule has 9 heteroatoms. The zero-order chi connectivity index (χ0) is 22.2. The second kappa shape index (κ2) is 8.73. The predicted octanol–water partition coefficient (Wildman–Crippen LogP) is 3.37. The zero-order valence-corrected chi connectivity index (χ0v) is 19.4. The number of rotatable bonds is 6. The molecule has 8 nitrogen and oxygen atoms in total. The van der Waals surface area contributed by atoms with E-state index < -0.39 is 0 Å². The van der Waals surface area contributed by atoms with Crippen molar-refractivity contribution in [3.63, 3.8) is 0 Å². The van der Waals surface area contributed by atoms with Gasteiger partial charge in [-0.2, -0.15) is 5.10 Å². The number of amides is 1. The summed E-state index contributed by atoms with van der Waals surface area (Å²) in [6.07, 6.45) is 5.39. The summed E-state index contributed by atoms with van der Waals surface area (Å²) in [5.74, 6) is 0.739. The fourth-order valence-electron chi connectivity index (χ4n) is 4.15. The fourth-order valence-corrected chi connectivity index (χ4v) is 5.09. The Morgan fingerprint density at radius 1 is 1.31 bits per heavy atom. The molecular formula is C23H27N5O3S. The standard InChI is InChI=1S/C23H27N5O3S/c1-14-10-18(15(2)32-14)20-6-7-24-23(26-20)28-21(16-4-5-16)19(11-25-28)22(29)27(3)12-17-13-30-8-9-31-17/h6-7,10-11,16-17H,4-5,8-9,12-13H2,1-3H3. The van der Waals surface area contributed by atoms with Crippen molar-refractivity contribution in [1.82, 2.24) is 24.6 Å². The average Bonchev–Trinajstić information content (AvgIpc) is 3.45. The fraction of sp³-hybridized carbons (Fsp3) is 0.478. The summed E-state index contributed by atoms with van der Waals surface area (Å²) in [7, 11) is 1.80. The van der Waals surface area contributed by atoms with Crippen LogP contribution in [0.5, 0.6) is 0 Å². The molecule has 32 heavy (non-hydrogen) atoms. The number of thiophene rings is 1. The maximum Gasteiger partial charge on any atom is 0.257 e. The van der Waals surface area contributed by atoms with Gasteiger partial charge < -0.3 is 14.4 Å². The lowest BCUT2D eigenvalue weighted by atomic mass is 10.1. The lowest BCUT2D eigenvalue weighted by molar-refractivity contribution is -0.0933. The van der Waals surface area contributed by atoms with E-state index in [1.54, 1.807) is 40.4 Å². The molecule has 0 N–H and O–H groups in total. The lowest BCUT2D eigenvalue weighted by Crippen LogP contribution is -2.41. The molecule has 2 fully saturated rings. The third-order valence-electron chi connectivity index (χ3n) is 5.86. The molecule has 0 spiro atoms. The molecule has 0 bridgehead atoms. The summed E-state index contributed by atoms with van der Waals surface area (Å²) < 4.78 is 12.9. The molecule has 1 saturated carbocycles. The molecule has 168 valence electrons. The zero-order valence-electron chi connectivity index (χ0n) is 18.6. The van der Waals surface area contributed by atoms with Gasteiger partial charge in [0.1, 0.15) is 0 Å². The Morgan fingerprint density at radius 3 is 2.84 bits per heavy atom. The lowest BCUT2D eigenvalue weighted by Gasteiger charge is -2.27. The molecule has 3 aromatic rings. The monoisotopic (exact) mass is 453 g/mol. The van der Waals surface area contributed by atoms with Crippen molar-refractivity contribution < 1.29 is 14.3 Å². The van der Waals surface area contributed by atoms with Gasteiger partial charge >= 0.3 is 0 Å². The number of aryl methyl sites for hydroxylation is 2. The van der Waals surface area contributed by atoms with Crippen molar-refractivity contribution in [2.45, 2.75) is 38.7 Å². The Bertz CT molecular complexity index is 1130. The molecule has 1 saturated heterocycles. The molecule has 3 aromatic heterocycles. The van der Waals surface area contributed by atoms with E-state index in [1.807, 2.05) is 6.07 Å². The Balaban J connectivity index is 1.44. The quantitative estimate of drug-likeness (QED) is 0.569. The van der Waals surface area contributed by atoms with Gasteiger partial charge in [0.15, 0.2) is 0 Å². The van der Waals surface area contributed by atoms with Crippen molar-refractivity contribution in [2.75, 3.05) is 33.4 Å². The molecule has 0 aromatic carbocycles. The second-order valence-corrected chi connectivity index (χ2v) is 9.91. The molecule has 4 heterocycles. The Morgan fingerprint density at radius 2 is 2.16 bits per heavy atom. The molecule has 5 rings (SSSR count). The number of aromatic nitrogens is 4. The number of nitrogens with zero attached hydrogens (tertiary/aromatic N) is 5. The minimum atomic E-state index is -0.102. The van der Waals surface area contributed by atoms with Gasteiger partial charge in [-0.1, -0.05) is 0 Å². The number of hydrogen-bond acceptors (Lipinski definition) is 7. The van der Waals surface area contributed by atoms with Crippen LogP contribution in [0, 0.1) is 13.8 Å². The first-order valence-corrected chi connectivity index (χ1v) is 11.8. The molecule has 1 atom stereocenters. The van der Waals surface area contributed by atoms with Gasteiger partial charge in [0.25, 0.3) is 11.9 Å². The van der Waals surface area contributed by atoms with Gasteiger partial charge in [0, 0.05) is 41.0 Å². The largest absolute Gasteiger partial charge is 0.376 e. The van der Waals surface area contributed by atoms with Gasteiger partial charge in [0.05, 0.1) is 49.1 Å². The smallest absolute Gasteiger partial charge is 0.257 e. The maximum atomic E-state index is 13.3. The highest BCUT2D eigenvalue weighted by Gasteiger charge is 2.35. The Hall–Kier alpha value is -2.62. The number of carbonyl (C=O) groups excluding carboxylic acids is 1. The highest BCUT2D eigenvalue weighted by Crippen LogP contribution is 2.42. The van der Waals surface area contributed by atoms with E-state index in [0.29, 0.717) is 43.8 Å². The van der Waals surface area contributed by atoms with Crippen LogP contribution in [0.3, 0.4) is 0 Å². The highest BCUT2D eigenvalue weighted by molar-refractivity contribution is 7.12. The van der Waals surface area contributed by atoms with E-state index in [1.165, 1.54) is 9.75 Å². The molecule has 0 radical (unpaired) electrons. The summed E-state index contributed by atoms with van der Waals surface area (Å²) in [5, 5.41) is 4.55. The topological polar surface area (TPSA) is 82.4 Å². The minimum absolute atomic E-state index is 0.0622. The van der Waals surface area contributed by atoms with Crippen LogP contribution in [0.1, 0.15) is 44.6 Å². The Labute approximate surface area is 191 Å². The van der Waals surface area contributed by atoms with Gasteiger partial charge in [0.2, 0.25) is 0 Å². The molecular weight excluding hydrogens is 426 g/mol. The van der Waals surface area contributed by atoms with Crippen molar-refractivity contribution in [3.05, 3.63) is 45.5 Å². The molecule has 2 aliphatic rings. The molecule has 1 aliphatic carbocycles. The number of ether oxygens (including phenoxy) is 2. The van der Waals surface area contributed by atoms with Crippen LogP contribution in [0.2, 0.25) is 0 Å². The van der Waals surface area contributed by atoms with E-state index in [0.717, 1.165) is 29.8 Å². The summed E-state index contributed by atoms with van der Waals surface area (Å²) >= 11 is 1.76. The number of likely N-dealkylation sites (N-methyl/N-ethyl adjacent to an activating group) is 1. The van der Waals surface area contributed by atoms with Crippen molar-refractivity contribution in [2.24, 2.45) is 0 Å². The van der Waals surface area contributed by atoms with Gasteiger partial charge in [-0.15, -0.1) is 11.3 Å². The van der Waals surface area contributed by atoms with E-state index in [-0.39, 0.29) is 12.0 Å². The van der Waals surface area contributed by atoms with Crippen LogP contribution in [-0.4, -0.2) is 70.1 Å². The first kappa shape index (κ1) is 21.2. The molecule has 1 aliphatic heterocycles. The van der Waals surface area contributed by atoms with Crippen molar-refractivity contribution in [3.8, 4) is 17.2 Å². The van der Waals surface area contributed by atoms with E-state index in [4.69, 9.17) is 14.5 Å². The average molecular weight is 454 g/mol. The van der Waals surface area contributed by atoms with Crippen LogP contribution >= 0.6 is 11.3 Å². The van der Waals surface area contributed by atoms with Gasteiger partial charge in [-0.25, -0.2) is 14.6 Å². The van der Waals surface area contributed by atoms with Gasteiger partial charge in [-0.05, 0) is 38.8 Å². The summed E-state index contributed by atoms with van der Waals surface area (Å²) in [6.45, 7) is 6.36. The van der Waals surface area contributed by atoms with Crippen LogP contribution in [-0.2, 0) is 9.47 Å². The highest BCUT2D eigenvalue weighted by atomic mass is 32.1. The van der Waals surface area contributed by atoms with Crippen LogP contribution in [0.15, 0.2) is 24.5 Å².